The Hall–Kier alpha value is -2.43. The molecule has 0 aliphatic heterocycles. The first-order valence-electron chi connectivity index (χ1n) is 6.58. The normalized spacial score (nSPS) is 14.1. The van der Waals surface area contributed by atoms with Crippen LogP contribution in [0.25, 0.3) is 11.4 Å². The summed E-state index contributed by atoms with van der Waals surface area (Å²) in [5.74, 6) is -0.0201. The maximum absolute atomic E-state index is 11.2. The van der Waals surface area contributed by atoms with Crippen LogP contribution >= 0.6 is 0 Å². The Morgan fingerprint density at radius 3 is 2.75 bits per heavy atom. The van der Waals surface area contributed by atoms with E-state index in [-0.39, 0.29) is 5.69 Å². The fourth-order valence-corrected chi connectivity index (χ4v) is 1.98. The number of anilines is 1. The summed E-state index contributed by atoms with van der Waals surface area (Å²) in [7, 11) is 0. The number of aromatic carboxylic acids is 1. The first-order chi connectivity index (χ1) is 9.61. The summed E-state index contributed by atoms with van der Waals surface area (Å²) in [6.07, 6.45) is 2.21. The van der Waals surface area contributed by atoms with Gasteiger partial charge < -0.3 is 10.4 Å². The Labute approximate surface area is 116 Å². The molecule has 1 heterocycles. The monoisotopic (exact) mass is 269 g/mol. The predicted octanol–water partition coefficient (Wildman–Crippen LogP) is 2.72. The molecular weight excluding hydrogens is 254 g/mol. The Morgan fingerprint density at radius 2 is 2.10 bits per heavy atom. The molecule has 0 unspecified atom stereocenters. The van der Waals surface area contributed by atoms with Crippen LogP contribution in [0, 0.1) is 6.92 Å². The number of nitrogens with one attached hydrogen (secondary N) is 1. The Balaban J connectivity index is 2.03. The van der Waals surface area contributed by atoms with Gasteiger partial charge in [0.1, 0.15) is 5.82 Å². The maximum atomic E-state index is 11.2. The van der Waals surface area contributed by atoms with Crippen molar-refractivity contribution in [3.8, 4) is 11.4 Å². The summed E-state index contributed by atoms with van der Waals surface area (Å²) in [6.45, 7) is 1.98. The van der Waals surface area contributed by atoms with E-state index in [1.54, 1.807) is 0 Å². The van der Waals surface area contributed by atoms with E-state index in [0.717, 1.165) is 24.0 Å². The lowest BCUT2D eigenvalue weighted by atomic mass is 10.1. The van der Waals surface area contributed by atoms with E-state index in [1.807, 2.05) is 31.2 Å². The van der Waals surface area contributed by atoms with Gasteiger partial charge in [0.2, 0.25) is 0 Å². The minimum atomic E-state index is -1.04. The average Bonchev–Trinajstić information content (AvgIpc) is 3.22. The first-order valence-corrected chi connectivity index (χ1v) is 6.58. The van der Waals surface area contributed by atoms with Gasteiger partial charge in [-0.25, -0.2) is 14.8 Å². The molecule has 0 atom stereocenters. The van der Waals surface area contributed by atoms with E-state index >= 15 is 0 Å². The van der Waals surface area contributed by atoms with Crippen molar-refractivity contribution in [2.75, 3.05) is 5.32 Å². The molecule has 0 amide bonds. The van der Waals surface area contributed by atoms with Gasteiger partial charge in [-0.2, -0.15) is 0 Å². The molecule has 102 valence electrons. The summed E-state index contributed by atoms with van der Waals surface area (Å²) < 4.78 is 0. The number of carboxylic acids is 1. The SMILES string of the molecule is Cc1cccc(-c2nc(NC3CC3)cc(C(=O)O)n2)c1. The Morgan fingerprint density at radius 1 is 1.30 bits per heavy atom. The highest BCUT2D eigenvalue weighted by Crippen LogP contribution is 2.25. The molecule has 0 radical (unpaired) electrons. The van der Waals surface area contributed by atoms with E-state index in [4.69, 9.17) is 5.11 Å². The van der Waals surface area contributed by atoms with Crippen molar-refractivity contribution in [2.24, 2.45) is 0 Å². The van der Waals surface area contributed by atoms with Crippen molar-refractivity contribution < 1.29 is 9.90 Å². The topological polar surface area (TPSA) is 75.1 Å². The van der Waals surface area contributed by atoms with Crippen molar-refractivity contribution in [3.05, 3.63) is 41.6 Å². The molecule has 5 nitrogen and oxygen atoms in total. The number of hydrogen-bond donors (Lipinski definition) is 2. The van der Waals surface area contributed by atoms with Crippen molar-refractivity contribution in [2.45, 2.75) is 25.8 Å². The number of aryl methyl sites for hydroxylation is 1. The molecule has 1 saturated carbocycles. The Kier molecular flexibility index (Phi) is 3.10. The quantitative estimate of drug-likeness (QED) is 0.892. The summed E-state index contributed by atoms with van der Waals surface area (Å²) in [5, 5.41) is 12.4. The van der Waals surface area contributed by atoms with Gasteiger partial charge in [-0.15, -0.1) is 0 Å². The minimum Gasteiger partial charge on any atom is -0.477 e. The molecule has 2 aromatic rings. The highest BCUT2D eigenvalue weighted by atomic mass is 16.4. The lowest BCUT2D eigenvalue weighted by molar-refractivity contribution is 0.0690. The van der Waals surface area contributed by atoms with Crippen molar-refractivity contribution in [1.29, 1.82) is 0 Å². The van der Waals surface area contributed by atoms with Gasteiger partial charge in [0.15, 0.2) is 11.5 Å². The molecule has 1 aliphatic rings. The van der Waals surface area contributed by atoms with Crippen LogP contribution in [0.15, 0.2) is 30.3 Å². The van der Waals surface area contributed by atoms with Crippen LogP contribution in [0.1, 0.15) is 28.9 Å². The largest absolute Gasteiger partial charge is 0.477 e. The average molecular weight is 269 g/mol. The second-order valence-corrected chi connectivity index (χ2v) is 5.06. The van der Waals surface area contributed by atoms with Crippen LogP contribution in [0.3, 0.4) is 0 Å². The number of hydrogen-bond acceptors (Lipinski definition) is 4. The molecule has 1 aliphatic carbocycles. The summed E-state index contributed by atoms with van der Waals surface area (Å²) >= 11 is 0. The summed E-state index contributed by atoms with van der Waals surface area (Å²) in [4.78, 5) is 19.7. The standard InChI is InChI=1S/C15H15N3O2/c1-9-3-2-4-10(7-9)14-17-12(15(19)20)8-13(18-14)16-11-5-6-11/h2-4,7-8,11H,5-6H2,1H3,(H,19,20)(H,16,17,18). The number of nitrogens with zero attached hydrogens (tertiary/aromatic N) is 2. The van der Waals surface area contributed by atoms with Crippen LogP contribution < -0.4 is 5.32 Å². The predicted molar refractivity (Wildman–Crippen MR) is 75.8 cm³/mol. The van der Waals surface area contributed by atoms with E-state index < -0.39 is 5.97 Å². The molecular formula is C15H15N3O2. The van der Waals surface area contributed by atoms with Crippen molar-refractivity contribution in [3.63, 3.8) is 0 Å². The summed E-state index contributed by atoms with van der Waals surface area (Å²) in [6, 6.07) is 9.62. The molecule has 0 spiro atoms. The minimum absolute atomic E-state index is 0.0136. The molecule has 0 bridgehead atoms. The molecule has 5 heteroatoms. The molecule has 1 fully saturated rings. The molecule has 1 aromatic heterocycles. The number of carboxylic acid groups (broad SMARTS) is 1. The second kappa shape index (κ2) is 4.92. The zero-order valence-electron chi connectivity index (χ0n) is 11.1. The highest BCUT2D eigenvalue weighted by Gasteiger charge is 2.22. The highest BCUT2D eigenvalue weighted by molar-refractivity contribution is 5.87. The number of aromatic nitrogens is 2. The van der Waals surface area contributed by atoms with Crippen molar-refractivity contribution >= 4 is 11.8 Å². The number of benzene rings is 1. The van der Waals surface area contributed by atoms with Gasteiger partial charge in [-0.1, -0.05) is 23.8 Å². The molecule has 3 rings (SSSR count). The van der Waals surface area contributed by atoms with E-state index in [0.29, 0.717) is 17.7 Å². The lowest BCUT2D eigenvalue weighted by Crippen LogP contribution is -2.09. The van der Waals surface area contributed by atoms with Crippen LogP contribution in [-0.4, -0.2) is 27.1 Å². The Bertz CT molecular complexity index is 666. The molecule has 1 aromatic carbocycles. The van der Waals surface area contributed by atoms with Gasteiger partial charge >= 0.3 is 5.97 Å². The van der Waals surface area contributed by atoms with Gasteiger partial charge in [0.05, 0.1) is 0 Å². The number of rotatable bonds is 4. The lowest BCUT2D eigenvalue weighted by Gasteiger charge is -2.08. The third-order valence-corrected chi connectivity index (χ3v) is 3.15. The van der Waals surface area contributed by atoms with Gasteiger partial charge in [-0.05, 0) is 25.8 Å². The van der Waals surface area contributed by atoms with Crippen LogP contribution in [0.2, 0.25) is 0 Å². The first kappa shape index (κ1) is 12.6. The van der Waals surface area contributed by atoms with Crippen LogP contribution in [-0.2, 0) is 0 Å². The molecule has 20 heavy (non-hydrogen) atoms. The number of carbonyl (C=O) groups is 1. The van der Waals surface area contributed by atoms with E-state index in [2.05, 4.69) is 15.3 Å². The zero-order chi connectivity index (χ0) is 14.1. The van der Waals surface area contributed by atoms with Crippen LogP contribution in [0.5, 0.6) is 0 Å². The molecule has 2 N–H and O–H groups in total. The van der Waals surface area contributed by atoms with Crippen molar-refractivity contribution in [1.82, 2.24) is 9.97 Å². The molecule has 0 saturated heterocycles. The zero-order valence-corrected chi connectivity index (χ0v) is 11.1. The van der Waals surface area contributed by atoms with Gasteiger partial charge in [0, 0.05) is 17.7 Å². The fraction of sp³-hybridized carbons (Fsp3) is 0.267. The van der Waals surface area contributed by atoms with E-state index in [9.17, 15) is 4.79 Å². The third kappa shape index (κ3) is 2.77. The summed E-state index contributed by atoms with van der Waals surface area (Å²) in [5.41, 5.74) is 1.93. The second-order valence-electron chi connectivity index (χ2n) is 5.06. The van der Waals surface area contributed by atoms with Gasteiger partial charge in [-0.3, -0.25) is 0 Å². The van der Waals surface area contributed by atoms with Gasteiger partial charge in [0.25, 0.3) is 0 Å². The smallest absolute Gasteiger partial charge is 0.354 e. The fourth-order valence-electron chi connectivity index (χ4n) is 1.98. The van der Waals surface area contributed by atoms with Crippen LogP contribution in [0.4, 0.5) is 5.82 Å². The van der Waals surface area contributed by atoms with E-state index in [1.165, 1.54) is 6.07 Å². The third-order valence-electron chi connectivity index (χ3n) is 3.15. The maximum Gasteiger partial charge on any atom is 0.354 e.